The van der Waals surface area contributed by atoms with Crippen LogP contribution in [-0.4, -0.2) is 11.7 Å². The zero-order valence-corrected chi connectivity index (χ0v) is 6.94. The van der Waals surface area contributed by atoms with Gasteiger partial charge in [0.05, 0.1) is 0 Å². The second-order valence-electron chi connectivity index (χ2n) is 1.51. The van der Waals surface area contributed by atoms with Crippen molar-refractivity contribution in [2.24, 2.45) is 0 Å². The second-order valence-corrected chi connectivity index (χ2v) is 1.74. The molecule has 0 unspecified atom stereocenters. The van der Waals surface area contributed by atoms with Gasteiger partial charge in [-0.1, -0.05) is 19.8 Å². The molecular weight excluding hydrogens is 159 g/mol. The monoisotopic (exact) mass is 171 g/mol. The molecule has 0 saturated heterocycles. The van der Waals surface area contributed by atoms with Gasteiger partial charge in [0.25, 0.3) is 0 Å². The molecule has 0 aromatic heterocycles. The van der Waals surface area contributed by atoms with Gasteiger partial charge in [-0.25, -0.2) is 0 Å². The fourth-order valence-corrected chi connectivity index (χ4v) is 0.362. The molecule has 0 fully saturated rings. The molecule has 0 atom stereocenters. The van der Waals surface area contributed by atoms with Gasteiger partial charge in [0.2, 0.25) is 0 Å². The van der Waals surface area contributed by atoms with Gasteiger partial charge in [0, 0.05) is 6.61 Å². The van der Waals surface area contributed by atoms with Crippen LogP contribution < -0.4 is 0 Å². The molecule has 4 heteroatoms. The van der Waals surface area contributed by atoms with Crippen molar-refractivity contribution in [1.29, 1.82) is 0 Å². The van der Waals surface area contributed by atoms with Crippen molar-refractivity contribution >= 4 is 0 Å². The Hall–Kier alpha value is 0.144. The number of rotatable bonds is 3. The third-order valence-corrected chi connectivity index (χ3v) is 0.762. The number of hydrogen-bond donors (Lipinski definition) is 1. The van der Waals surface area contributed by atoms with Gasteiger partial charge in [-0.05, 0) is 6.42 Å². The number of aliphatic hydroxyl groups is 1. The summed E-state index contributed by atoms with van der Waals surface area (Å²) in [6.07, 6.45) is 3.33. The summed E-state index contributed by atoms with van der Waals surface area (Å²) < 4.78 is 16.9. The van der Waals surface area contributed by atoms with Crippen molar-refractivity contribution in [2.75, 3.05) is 6.61 Å². The van der Waals surface area contributed by atoms with Crippen molar-refractivity contribution < 1.29 is 28.6 Å². The number of hydrogen-bond acceptors (Lipinski definition) is 3. The van der Waals surface area contributed by atoms with E-state index in [1.807, 2.05) is 0 Å². The normalized spacial score (nSPS) is 6.89. The molecule has 0 rings (SSSR count). The maximum absolute atomic E-state index is 8.47. The molecule has 0 aromatic carbocycles. The van der Waals surface area contributed by atoms with Crippen LogP contribution in [0.4, 0.5) is 0 Å². The molecule has 0 saturated carbocycles. The van der Waals surface area contributed by atoms with Crippen LogP contribution in [0.15, 0.2) is 0 Å². The van der Waals surface area contributed by atoms with Crippen LogP contribution in [0.1, 0.15) is 26.2 Å². The number of aliphatic hydroxyl groups excluding tert-OH is 1. The first-order valence-electron chi connectivity index (χ1n) is 2.89. The standard InChI is InChI=1S/C5H12O.2O.V/c1-2-3-4-5-6;;;/h6H,2-5H2,1H3;;;. The summed E-state index contributed by atoms with van der Waals surface area (Å²) in [5.74, 6) is 0. The van der Waals surface area contributed by atoms with E-state index in [-0.39, 0.29) is 0 Å². The van der Waals surface area contributed by atoms with Crippen LogP contribution in [0.3, 0.4) is 0 Å². The van der Waals surface area contributed by atoms with Crippen LogP contribution >= 0.6 is 0 Å². The van der Waals surface area contributed by atoms with E-state index >= 15 is 0 Å². The first kappa shape index (κ1) is 11.9. The summed E-state index contributed by atoms with van der Waals surface area (Å²) in [7, 11) is 0. The summed E-state index contributed by atoms with van der Waals surface area (Å²) in [5.41, 5.74) is 0. The molecule has 0 aliphatic heterocycles. The topological polar surface area (TPSA) is 54.4 Å². The van der Waals surface area contributed by atoms with E-state index in [1.165, 1.54) is 6.42 Å². The Morgan fingerprint density at radius 2 is 1.78 bits per heavy atom. The Kier molecular flexibility index (Phi) is 20.7. The van der Waals surface area contributed by atoms with Gasteiger partial charge in [-0.15, -0.1) is 0 Å². The van der Waals surface area contributed by atoms with Gasteiger partial charge >= 0.3 is 23.5 Å². The van der Waals surface area contributed by atoms with Gasteiger partial charge in [-0.3, -0.25) is 0 Å². The van der Waals surface area contributed by atoms with Crippen LogP contribution in [-0.2, 0) is 23.5 Å². The number of unbranched alkanes of at least 4 members (excludes halogenated alkanes) is 2. The molecule has 1 N–H and O–H groups in total. The Bertz CT molecular complexity index is 64.6. The zero-order valence-electron chi connectivity index (χ0n) is 5.54. The molecule has 0 radical (unpaired) electrons. The van der Waals surface area contributed by atoms with Crippen LogP contribution in [0.25, 0.3) is 0 Å². The van der Waals surface area contributed by atoms with Crippen LogP contribution in [0.5, 0.6) is 0 Å². The fraction of sp³-hybridized carbons (Fsp3) is 1.00. The third-order valence-electron chi connectivity index (χ3n) is 0.762. The quantitative estimate of drug-likeness (QED) is 0.642. The SMILES string of the molecule is CCCCCO.[O]=[V]=[O]. The molecule has 0 aliphatic carbocycles. The van der Waals surface area contributed by atoms with Crippen molar-refractivity contribution in [1.82, 2.24) is 0 Å². The molecule has 0 spiro atoms. The van der Waals surface area contributed by atoms with E-state index in [2.05, 4.69) is 6.92 Å². The molecule has 0 heterocycles. The Morgan fingerprint density at radius 3 is 1.89 bits per heavy atom. The van der Waals surface area contributed by atoms with E-state index in [0.717, 1.165) is 12.8 Å². The minimum atomic E-state index is -1.81. The fourth-order valence-electron chi connectivity index (χ4n) is 0.362. The molecule has 0 aromatic rings. The minimum absolute atomic E-state index is 0.355. The van der Waals surface area contributed by atoms with Crippen LogP contribution in [0.2, 0.25) is 0 Å². The summed E-state index contributed by atoms with van der Waals surface area (Å²) in [6.45, 7) is 2.48. The Morgan fingerprint density at radius 1 is 1.33 bits per heavy atom. The molecule has 9 heavy (non-hydrogen) atoms. The summed E-state index contributed by atoms with van der Waals surface area (Å²) in [5, 5.41) is 8.20. The van der Waals surface area contributed by atoms with E-state index in [0.29, 0.717) is 6.61 Å². The molecule has 55 valence electrons. The average Bonchev–Trinajstić information content (AvgIpc) is 1.86. The van der Waals surface area contributed by atoms with Crippen LogP contribution in [0, 0.1) is 0 Å². The Labute approximate surface area is 62.0 Å². The first-order chi connectivity index (χ1) is 4.33. The van der Waals surface area contributed by atoms with E-state index in [9.17, 15) is 0 Å². The van der Waals surface area contributed by atoms with E-state index < -0.39 is 16.2 Å². The maximum atomic E-state index is 8.47. The van der Waals surface area contributed by atoms with Gasteiger partial charge in [0.1, 0.15) is 0 Å². The zero-order chi connectivity index (χ0) is 7.54. The predicted molar refractivity (Wildman–Crippen MR) is 28.0 cm³/mol. The summed E-state index contributed by atoms with van der Waals surface area (Å²) in [6, 6.07) is 0. The van der Waals surface area contributed by atoms with Gasteiger partial charge in [-0.2, -0.15) is 0 Å². The first-order valence-corrected chi connectivity index (χ1v) is 4.03. The van der Waals surface area contributed by atoms with Crippen molar-refractivity contribution in [3.05, 3.63) is 0 Å². The Balaban J connectivity index is 0. The van der Waals surface area contributed by atoms with Crippen molar-refractivity contribution in [3.63, 3.8) is 0 Å². The van der Waals surface area contributed by atoms with E-state index in [1.54, 1.807) is 0 Å². The predicted octanol–water partition coefficient (Wildman–Crippen LogP) is 0.929. The molecule has 0 aliphatic rings. The summed E-state index contributed by atoms with van der Waals surface area (Å²) >= 11 is -1.81. The van der Waals surface area contributed by atoms with Gasteiger partial charge < -0.3 is 5.11 Å². The third kappa shape index (κ3) is 31.1. The summed E-state index contributed by atoms with van der Waals surface area (Å²) in [4.78, 5) is 0. The average molecular weight is 171 g/mol. The van der Waals surface area contributed by atoms with Crippen molar-refractivity contribution in [2.45, 2.75) is 26.2 Å². The van der Waals surface area contributed by atoms with Crippen molar-refractivity contribution in [3.8, 4) is 0 Å². The molecular formula is C5H12O3V. The van der Waals surface area contributed by atoms with Gasteiger partial charge in [0.15, 0.2) is 0 Å². The molecule has 0 amide bonds. The van der Waals surface area contributed by atoms with E-state index in [4.69, 9.17) is 12.5 Å². The molecule has 3 nitrogen and oxygen atoms in total. The second kappa shape index (κ2) is 15.7. The molecule has 0 bridgehead atoms.